The minimum atomic E-state index is -0.522. The Labute approximate surface area is 115 Å². The van der Waals surface area contributed by atoms with Crippen LogP contribution in [-0.2, 0) is 14.3 Å². The van der Waals surface area contributed by atoms with Gasteiger partial charge in [0.2, 0.25) is 11.8 Å². The molecule has 0 saturated carbocycles. The maximum Gasteiger partial charge on any atom is 0.242 e. The Bertz CT molecular complexity index is 287. The number of methoxy groups -OCH3 is 1. The van der Waals surface area contributed by atoms with E-state index < -0.39 is 11.5 Å². The highest BCUT2D eigenvalue weighted by atomic mass is 16.5. The van der Waals surface area contributed by atoms with E-state index in [1.54, 1.807) is 14.0 Å². The van der Waals surface area contributed by atoms with Gasteiger partial charge >= 0.3 is 0 Å². The van der Waals surface area contributed by atoms with Gasteiger partial charge in [-0.1, -0.05) is 20.8 Å². The molecule has 112 valence electrons. The van der Waals surface area contributed by atoms with Crippen LogP contribution in [0, 0.1) is 5.41 Å². The number of hydrogen-bond donors (Lipinski definition) is 3. The zero-order chi connectivity index (χ0) is 14.9. The van der Waals surface area contributed by atoms with Crippen LogP contribution >= 0.6 is 0 Å². The van der Waals surface area contributed by atoms with Crippen molar-refractivity contribution in [1.82, 2.24) is 16.0 Å². The standard InChI is InChI=1S/C13H27N3O3/c1-10(16-12(18)13(2,3)4)11(17)15-7-6-14-8-9-19-5/h10,14H,6-9H2,1-5H3,(H,15,17)(H,16,18). The summed E-state index contributed by atoms with van der Waals surface area (Å²) in [4.78, 5) is 23.4. The molecule has 3 N–H and O–H groups in total. The zero-order valence-corrected chi connectivity index (χ0v) is 12.6. The van der Waals surface area contributed by atoms with Gasteiger partial charge in [-0.25, -0.2) is 0 Å². The van der Waals surface area contributed by atoms with Crippen LogP contribution in [0.4, 0.5) is 0 Å². The molecule has 0 rings (SSSR count). The highest BCUT2D eigenvalue weighted by Crippen LogP contribution is 2.12. The second-order valence-corrected chi connectivity index (χ2v) is 5.48. The molecule has 0 aromatic heterocycles. The van der Waals surface area contributed by atoms with E-state index >= 15 is 0 Å². The van der Waals surface area contributed by atoms with Crippen LogP contribution < -0.4 is 16.0 Å². The van der Waals surface area contributed by atoms with Crippen LogP contribution in [0.3, 0.4) is 0 Å². The van der Waals surface area contributed by atoms with E-state index in [1.807, 2.05) is 20.8 Å². The predicted molar refractivity (Wildman–Crippen MR) is 74.8 cm³/mol. The average Bonchev–Trinajstić information content (AvgIpc) is 2.31. The van der Waals surface area contributed by atoms with Gasteiger partial charge in [-0.3, -0.25) is 9.59 Å². The van der Waals surface area contributed by atoms with Crippen molar-refractivity contribution in [2.45, 2.75) is 33.7 Å². The number of hydrogen-bond acceptors (Lipinski definition) is 4. The lowest BCUT2D eigenvalue weighted by Gasteiger charge is -2.21. The lowest BCUT2D eigenvalue weighted by atomic mass is 9.95. The zero-order valence-electron chi connectivity index (χ0n) is 12.6. The third-order valence-corrected chi connectivity index (χ3v) is 2.51. The molecule has 0 aromatic carbocycles. The molecular formula is C13H27N3O3. The summed E-state index contributed by atoms with van der Waals surface area (Å²) in [6.07, 6.45) is 0. The van der Waals surface area contributed by atoms with Gasteiger partial charge in [0, 0.05) is 32.2 Å². The van der Waals surface area contributed by atoms with Gasteiger partial charge in [0.15, 0.2) is 0 Å². The first-order valence-electron chi connectivity index (χ1n) is 6.57. The molecular weight excluding hydrogens is 246 g/mol. The Kier molecular flexibility index (Phi) is 8.34. The van der Waals surface area contributed by atoms with E-state index in [1.165, 1.54) is 0 Å². The second-order valence-electron chi connectivity index (χ2n) is 5.48. The smallest absolute Gasteiger partial charge is 0.242 e. The van der Waals surface area contributed by atoms with Gasteiger partial charge in [0.05, 0.1) is 6.61 Å². The quantitative estimate of drug-likeness (QED) is 0.539. The van der Waals surface area contributed by atoms with Crippen molar-refractivity contribution in [2.75, 3.05) is 33.4 Å². The number of carbonyl (C=O) groups is 2. The minimum absolute atomic E-state index is 0.131. The van der Waals surface area contributed by atoms with Crippen molar-refractivity contribution in [2.24, 2.45) is 5.41 Å². The van der Waals surface area contributed by atoms with Gasteiger partial charge < -0.3 is 20.7 Å². The van der Waals surface area contributed by atoms with Gasteiger partial charge in [0.1, 0.15) is 6.04 Å². The molecule has 1 atom stereocenters. The molecule has 0 fully saturated rings. The largest absolute Gasteiger partial charge is 0.383 e. The maximum absolute atomic E-state index is 11.7. The third kappa shape index (κ3) is 8.56. The summed E-state index contributed by atoms with van der Waals surface area (Å²) in [5, 5.41) is 8.57. The second kappa shape index (κ2) is 8.87. The lowest BCUT2D eigenvalue weighted by molar-refractivity contribution is -0.133. The molecule has 0 bridgehead atoms. The molecule has 6 nitrogen and oxygen atoms in total. The van der Waals surface area contributed by atoms with E-state index in [2.05, 4.69) is 16.0 Å². The molecule has 0 aliphatic heterocycles. The summed E-state index contributed by atoms with van der Waals surface area (Å²) in [5.41, 5.74) is -0.490. The van der Waals surface area contributed by atoms with Crippen LogP contribution in [-0.4, -0.2) is 51.2 Å². The molecule has 0 aromatic rings. The highest BCUT2D eigenvalue weighted by molar-refractivity contribution is 5.89. The van der Waals surface area contributed by atoms with Gasteiger partial charge in [-0.2, -0.15) is 0 Å². The molecule has 2 amide bonds. The van der Waals surface area contributed by atoms with Gasteiger partial charge in [0.25, 0.3) is 0 Å². The fourth-order valence-electron chi connectivity index (χ4n) is 1.21. The first kappa shape index (κ1) is 17.9. The van der Waals surface area contributed by atoms with E-state index in [-0.39, 0.29) is 11.8 Å². The number of ether oxygens (including phenoxy) is 1. The molecule has 0 saturated heterocycles. The van der Waals surface area contributed by atoms with Crippen molar-refractivity contribution in [3.05, 3.63) is 0 Å². The SMILES string of the molecule is COCCNCCNC(=O)C(C)NC(=O)C(C)(C)C. The first-order chi connectivity index (χ1) is 8.79. The van der Waals surface area contributed by atoms with E-state index in [4.69, 9.17) is 4.74 Å². The number of nitrogens with one attached hydrogen (secondary N) is 3. The van der Waals surface area contributed by atoms with E-state index in [0.29, 0.717) is 19.7 Å². The highest BCUT2D eigenvalue weighted by Gasteiger charge is 2.24. The molecule has 0 spiro atoms. The Morgan fingerprint density at radius 2 is 1.79 bits per heavy atom. The fourth-order valence-corrected chi connectivity index (χ4v) is 1.21. The predicted octanol–water partition coefficient (Wildman–Crippen LogP) is -0.111. The van der Waals surface area contributed by atoms with Crippen LogP contribution in [0.1, 0.15) is 27.7 Å². The molecule has 0 radical (unpaired) electrons. The van der Waals surface area contributed by atoms with Crippen molar-refractivity contribution >= 4 is 11.8 Å². The van der Waals surface area contributed by atoms with E-state index in [0.717, 1.165) is 6.54 Å². The number of carbonyl (C=O) groups excluding carboxylic acids is 2. The Balaban J connectivity index is 3.80. The van der Waals surface area contributed by atoms with Gasteiger partial charge in [-0.15, -0.1) is 0 Å². The Hall–Kier alpha value is -1.14. The van der Waals surface area contributed by atoms with Gasteiger partial charge in [-0.05, 0) is 6.92 Å². The summed E-state index contributed by atoms with van der Waals surface area (Å²) in [6.45, 7) is 9.71. The molecule has 1 unspecified atom stereocenters. The van der Waals surface area contributed by atoms with Crippen molar-refractivity contribution < 1.29 is 14.3 Å². The monoisotopic (exact) mass is 273 g/mol. The summed E-state index contributed by atoms with van der Waals surface area (Å²) in [7, 11) is 1.64. The molecule has 0 heterocycles. The average molecular weight is 273 g/mol. The Morgan fingerprint density at radius 3 is 2.32 bits per heavy atom. The minimum Gasteiger partial charge on any atom is -0.383 e. The summed E-state index contributed by atoms with van der Waals surface area (Å²) >= 11 is 0. The normalized spacial score (nSPS) is 12.9. The molecule has 0 aliphatic carbocycles. The van der Waals surface area contributed by atoms with Crippen LogP contribution in [0.2, 0.25) is 0 Å². The lowest BCUT2D eigenvalue weighted by Crippen LogP contribution is -2.49. The van der Waals surface area contributed by atoms with Crippen LogP contribution in [0.25, 0.3) is 0 Å². The summed E-state index contributed by atoms with van der Waals surface area (Å²) in [6, 6.07) is -0.522. The van der Waals surface area contributed by atoms with Crippen molar-refractivity contribution in [1.29, 1.82) is 0 Å². The first-order valence-corrected chi connectivity index (χ1v) is 6.57. The maximum atomic E-state index is 11.7. The van der Waals surface area contributed by atoms with E-state index in [9.17, 15) is 9.59 Å². The van der Waals surface area contributed by atoms with Crippen molar-refractivity contribution in [3.8, 4) is 0 Å². The van der Waals surface area contributed by atoms with Crippen LogP contribution in [0.5, 0.6) is 0 Å². The Morgan fingerprint density at radius 1 is 1.16 bits per heavy atom. The molecule has 19 heavy (non-hydrogen) atoms. The summed E-state index contributed by atoms with van der Waals surface area (Å²) < 4.78 is 4.89. The summed E-state index contributed by atoms with van der Waals surface area (Å²) in [5.74, 6) is -0.306. The number of rotatable bonds is 8. The third-order valence-electron chi connectivity index (χ3n) is 2.51. The fraction of sp³-hybridized carbons (Fsp3) is 0.846. The van der Waals surface area contributed by atoms with Crippen LogP contribution in [0.15, 0.2) is 0 Å². The molecule has 0 aliphatic rings. The molecule has 6 heteroatoms. The van der Waals surface area contributed by atoms with Crippen molar-refractivity contribution in [3.63, 3.8) is 0 Å². The number of amides is 2. The topological polar surface area (TPSA) is 79.5 Å².